The maximum Gasteiger partial charge on any atom is 0.273 e. The van der Waals surface area contributed by atoms with Gasteiger partial charge in [0.2, 0.25) is 0 Å². The van der Waals surface area contributed by atoms with Crippen LogP contribution < -0.4 is 5.32 Å². The molecule has 0 bridgehead atoms. The first-order chi connectivity index (χ1) is 7.56. The summed E-state index contributed by atoms with van der Waals surface area (Å²) >= 11 is 0. The molecule has 5 heteroatoms. The van der Waals surface area contributed by atoms with Gasteiger partial charge in [0.1, 0.15) is 5.76 Å². The minimum atomic E-state index is -0.527. The summed E-state index contributed by atoms with van der Waals surface area (Å²) in [5, 5.41) is 12.3. The zero-order valence-corrected chi connectivity index (χ0v) is 9.86. The predicted octanol–water partition coefficient (Wildman–Crippen LogP) is 1.12. The van der Waals surface area contributed by atoms with Crippen molar-refractivity contribution >= 4 is 5.91 Å². The number of nitrogens with one attached hydrogen (secondary N) is 1. The molecular formula is C11H18N2O3. The number of amides is 1. The molecule has 0 aliphatic rings. The third-order valence-corrected chi connectivity index (χ3v) is 2.73. The number of hydrogen-bond donors (Lipinski definition) is 2. The fourth-order valence-electron chi connectivity index (χ4n) is 1.28. The maximum atomic E-state index is 11.6. The summed E-state index contributed by atoms with van der Waals surface area (Å²) in [4.78, 5) is 15.4. The SMILES string of the molecule is CCC(C)C(O)CNC(=O)c1ncoc1C. The average Bonchev–Trinajstić information content (AvgIpc) is 2.70. The predicted molar refractivity (Wildman–Crippen MR) is 59.0 cm³/mol. The van der Waals surface area contributed by atoms with Crippen molar-refractivity contribution in [2.75, 3.05) is 6.54 Å². The smallest absolute Gasteiger partial charge is 0.273 e. The van der Waals surface area contributed by atoms with Gasteiger partial charge in [0.05, 0.1) is 6.10 Å². The molecule has 0 saturated heterocycles. The van der Waals surface area contributed by atoms with Gasteiger partial charge in [-0.05, 0) is 12.8 Å². The van der Waals surface area contributed by atoms with E-state index in [2.05, 4.69) is 10.3 Å². The van der Waals surface area contributed by atoms with E-state index >= 15 is 0 Å². The van der Waals surface area contributed by atoms with Crippen molar-refractivity contribution in [1.82, 2.24) is 10.3 Å². The van der Waals surface area contributed by atoms with Gasteiger partial charge in [-0.3, -0.25) is 4.79 Å². The standard InChI is InChI=1S/C11H18N2O3/c1-4-7(2)9(14)5-12-11(15)10-8(3)16-6-13-10/h6-7,9,14H,4-5H2,1-3H3,(H,12,15). The van der Waals surface area contributed by atoms with Gasteiger partial charge in [-0.25, -0.2) is 4.98 Å². The Balaban J connectivity index is 2.45. The van der Waals surface area contributed by atoms with Crippen LogP contribution in [0.4, 0.5) is 0 Å². The van der Waals surface area contributed by atoms with Crippen molar-refractivity contribution in [2.24, 2.45) is 5.92 Å². The molecule has 1 aromatic rings. The molecule has 5 nitrogen and oxygen atoms in total. The fraction of sp³-hybridized carbons (Fsp3) is 0.636. The van der Waals surface area contributed by atoms with Crippen molar-refractivity contribution in [3.63, 3.8) is 0 Å². The third-order valence-electron chi connectivity index (χ3n) is 2.73. The van der Waals surface area contributed by atoms with Crippen LogP contribution >= 0.6 is 0 Å². The highest BCUT2D eigenvalue weighted by atomic mass is 16.3. The number of oxazole rings is 1. The zero-order chi connectivity index (χ0) is 12.1. The Hall–Kier alpha value is -1.36. The van der Waals surface area contributed by atoms with Crippen LogP contribution in [0.2, 0.25) is 0 Å². The molecule has 0 aliphatic carbocycles. The summed E-state index contributed by atoms with van der Waals surface area (Å²) in [5.74, 6) is 0.336. The molecule has 0 spiro atoms. The minimum Gasteiger partial charge on any atom is -0.448 e. The molecule has 0 aliphatic heterocycles. The van der Waals surface area contributed by atoms with E-state index in [1.807, 2.05) is 13.8 Å². The van der Waals surface area contributed by atoms with E-state index in [1.165, 1.54) is 6.39 Å². The highest BCUT2D eigenvalue weighted by Crippen LogP contribution is 2.07. The number of carbonyl (C=O) groups excluding carboxylic acids is 1. The van der Waals surface area contributed by atoms with Crippen LogP contribution in [0, 0.1) is 12.8 Å². The van der Waals surface area contributed by atoms with Gasteiger partial charge >= 0.3 is 0 Å². The first-order valence-electron chi connectivity index (χ1n) is 5.42. The molecule has 0 radical (unpaired) electrons. The molecule has 0 aromatic carbocycles. The number of aliphatic hydroxyl groups excluding tert-OH is 1. The van der Waals surface area contributed by atoms with Crippen LogP contribution in [0.1, 0.15) is 36.5 Å². The van der Waals surface area contributed by atoms with E-state index < -0.39 is 6.10 Å². The van der Waals surface area contributed by atoms with Crippen molar-refractivity contribution in [3.8, 4) is 0 Å². The lowest BCUT2D eigenvalue weighted by Gasteiger charge is -2.17. The average molecular weight is 226 g/mol. The Labute approximate surface area is 94.9 Å². The van der Waals surface area contributed by atoms with E-state index in [-0.39, 0.29) is 24.1 Å². The van der Waals surface area contributed by atoms with Gasteiger partial charge in [-0.15, -0.1) is 0 Å². The topological polar surface area (TPSA) is 75.4 Å². The Bertz CT molecular complexity index is 349. The summed E-state index contributed by atoms with van der Waals surface area (Å²) in [5.41, 5.74) is 0.274. The fourth-order valence-corrected chi connectivity index (χ4v) is 1.28. The Morgan fingerprint density at radius 1 is 1.69 bits per heavy atom. The minimum absolute atomic E-state index is 0.165. The van der Waals surface area contributed by atoms with Crippen LogP contribution in [-0.2, 0) is 0 Å². The van der Waals surface area contributed by atoms with Gasteiger partial charge < -0.3 is 14.8 Å². The van der Waals surface area contributed by atoms with Gasteiger partial charge in [0.15, 0.2) is 12.1 Å². The highest BCUT2D eigenvalue weighted by Gasteiger charge is 2.16. The summed E-state index contributed by atoms with van der Waals surface area (Å²) in [6.45, 7) is 5.85. The summed E-state index contributed by atoms with van der Waals surface area (Å²) in [7, 11) is 0. The zero-order valence-electron chi connectivity index (χ0n) is 9.86. The molecule has 2 unspecified atom stereocenters. The van der Waals surface area contributed by atoms with Crippen molar-refractivity contribution in [2.45, 2.75) is 33.3 Å². The number of nitrogens with zero attached hydrogens (tertiary/aromatic N) is 1. The molecule has 2 N–H and O–H groups in total. The maximum absolute atomic E-state index is 11.6. The number of aromatic nitrogens is 1. The van der Waals surface area contributed by atoms with E-state index in [9.17, 15) is 9.90 Å². The number of rotatable bonds is 5. The summed E-state index contributed by atoms with van der Waals surface area (Å²) in [6.07, 6.45) is 1.58. The van der Waals surface area contributed by atoms with Crippen LogP contribution in [-0.4, -0.2) is 28.6 Å². The van der Waals surface area contributed by atoms with Gasteiger partial charge in [0, 0.05) is 6.54 Å². The van der Waals surface area contributed by atoms with Gasteiger partial charge in [-0.1, -0.05) is 20.3 Å². The van der Waals surface area contributed by atoms with E-state index in [0.29, 0.717) is 5.76 Å². The Morgan fingerprint density at radius 3 is 2.88 bits per heavy atom. The van der Waals surface area contributed by atoms with Crippen LogP contribution in [0.3, 0.4) is 0 Å². The lowest BCUT2D eigenvalue weighted by Crippen LogP contribution is -2.35. The molecule has 0 fully saturated rings. The normalized spacial score (nSPS) is 14.5. The monoisotopic (exact) mass is 226 g/mol. The largest absolute Gasteiger partial charge is 0.448 e. The summed E-state index contributed by atoms with van der Waals surface area (Å²) < 4.78 is 4.93. The molecule has 2 atom stereocenters. The van der Waals surface area contributed by atoms with Crippen LogP contribution in [0.15, 0.2) is 10.8 Å². The first kappa shape index (κ1) is 12.7. The molecule has 1 heterocycles. The molecule has 16 heavy (non-hydrogen) atoms. The van der Waals surface area contributed by atoms with Gasteiger partial charge in [0.25, 0.3) is 5.91 Å². The van der Waals surface area contributed by atoms with Crippen molar-refractivity contribution in [1.29, 1.82) is 0 Å². The second kappa shape index (κ2) is 5.65. The van der Waals surface area contributed by atoms with Crippen molar-refractivity contribution in [3.05, 3.63) is 17.8 Å². The van der Waals surface area contributed by atoms with Gasteiger partial charge in [-0.2, -0.15) is 0 Å². The molecule has 1 rings (SSSR count). The Morgan fingerprint density at radius 2 is 2.38 bits per heavy atom. The number of aryl methyl sites for hydroxylation is 1. The highest BCUT2D eigenvalue weighted by molar-refractivity contribution is 5.93. The second-order valence-corrected chi connectivity index (χ2v) is 3.92. The Kier molecular flexibility index (Phi) is 4.49. The quantitative estimate of drug-likeness (QED) is 0.789. The van der Waals surface area contributed by atoms with E-state index in [0.717, 1.165) is 6.42 Å². The van der Waals surface area contributed by atoms with E-state index in [4.69, 9.17) is 4.42 Å². The third kappa shape index (κ3) is 3.06. The number of carbonyl (C=O) groups is 1. The molecular weight excluding hydrogens is 208 g/mol. The first-order valence-corrected chi connectivity index (χ1v) is 5.42. The van der Waals surface area contributed by atoms with Crippen LogP contribution in [0.25, 0.3) is 0 Å². The van der Waals surface area contributed by atoms with Crippen molar-refractivity contribution < 1.29 is 14.3 Å². The molecule has 1 aromatic heterocycles. The second-order valence-electron chi connectivity index (χ2n) is 3.92. The summed E-state index contributed by atoms with van der Waals surface area (Å²) in [6, 6.07) is 0. The lowest BCUT2D eigenvalue weighted by molar-refractivity contribution is 0.0845. The molecule has 90 valence electrons. The van der Waals surface area contributed by atoms with Crippen LogP contribution in [0.5, 0.6) is 0 Å². The number of hydrogen-bond acceptors (Lipinski definition) is 4. The molecule has 1 amide bonds. The lowest BCUT2D eigenvalue weighted by atomic mass is 10.0. The van der Waals surface area contributed by atoms with E-state index in [1.54, 1.807) is 6.92 Å². The number of aliphatic hydroxyl groups is 1. The molecule has 0 saturated carbocycles.